The average molecular weight is 376 g/mol. The molecule has 0 fully saturated rings. The highest BCUT2D eigenvalue weighted by atomic mass is 35.5. The lowest BCUT2D eigenvalue weighted by Crippen LogP contribution is -2.14. The molecule has 5 heteroatoms. The van der Waals surface area contributed by atoms with Crippen molar-refractivity contribution in [1.82, 2.24) is 0 Å². The van der Waals surface area contributed by atoms with Crippen LogP contribution in [0, 0.1) is 0 Å². The Morgan fingerprint density at radius 3 is 2.38 bits per heavy atom. The average Bonchev–Trinajstić information content (AvgIpc) is 2.58. The van der Waals surface area contributed by atoms with E-state index in [1.807, 2.05) is 48.5 Å². The molecule has 0 bridgehead atoms. The molecule has 24 heavy (non-hydrogen) atoms. The number of carbonyl (C=O) groups excluding carboxylic acids is 1. The third-order valence-corrected chi connectivity index (χ3v) is 5.27. The van der Waals surface area contributed by atoms with Gasteiger partial charge < -0.3 is 5.32 Å². The van der Waals surface area contributed by atoms with Crippen molar-refractivity contribution in [2.24, 2.45) is 0 Å². The maximum absolute atomic E-state index is 12.2. The summed E-state index contributed by atoms with van der Waals surface area (Å²) in [6, 6.07) is 19.3. The van der Waals surface area contributed by atoms with Gasteiger partial charge in [0.2, 0.25) is 5.91 Å². The van der Waals surface area contributed by atoms with Gasteiger partial charge in [0.1, 0.15) is 0 Å². The zero-order valence-corrected chi connectivity index (χ0v) is 15.1. The first-order valence-corrected chi connectivity index (χ1v) is 9.34. The van der Waals surface area contributed by atoms with E-state index in [9.17, 15) is 4.79 Å². The Morgan fingerprint density at radius 1 is 0.917 bits per heavy atom. The highest BCUT2D eigenvalue weighted by Crippen LogP contribution is 2.28. The molecule has 0 radical (unpaired) electrons. The van der Waals surface area contributed by atoms with Gasteiger partial charge in [0.15, 0.2) is 0 Å². The number of rotatable bonds is 5. The summed E-state index contributed by atoms with van der Waals surface area (Å²) in [6.45, 7) is 0. The van der Waals surface area contributed by atoms with Gasteiger partial charge in [-0.3, -0.25) is 4.79 Å². The first kappa shape index (κ1) is 17.2. The molecule has 1 N–H and O–H groups in total. The van der Waals surface area contributed by atoms with Crippen LogP contribution in [0.15, 0.2) is 60.7 Å². The Hall–Kier alpha value is -1.68. The molecule has 0 spiro atoms. The highest BCUT2D eigenvalue weighted by Gasteiger charge is 2.09. The van der Waals surface area contributed by atoms with E-state index >= 15 is 0 Å². The molecular weight excluding hydrogens is 361 g/mol. The molecule has 0 aliphatic carbocycles. The van der Waals surface area contributed by atoms with Gasteiger partial charge in [0.05, 0.1) is 5.75 Å². The lowest BCUT2D eigenvalue weighted by Gasteiger charge is -2.09. The maximum atomic E-state index is 12.2. The predicted molar refractivity (Wildman–Crippen MR) is 105 cm³/mol. The monoisotopic (exact) mass is 375 g/mol. The van der Waals surface area contributed by atoms with E-state index in [0.29, 0.717) is 21.6 Å². The van der Waals surface area contributed by atoms with Gasteiger partial charge in [0.25, 0.3) is 0 Å². The Kier molecular flexibility index (Phi) is 5.67. The fourth-order valence-corrected chi connectivity index (χ4v) is 4.00. The molecule has 0 saturated heterocycles. The van der Waals surface area contributed by atoms with Crippen molar-refractivity contribution in [1.29, 1.82) is 0 Å². The van der Waals surface area contributed by atoms with Crippen LogP contribution in [0.25, 0.3) is 10.8 Å². The number of nitrogens with one attached hydrogen (secondary N) is 1. The smallest absolute Gasteiger partial charge is 0.234 e. The summed E-state index contributed by atoms with van der Waals surface area (Å²) in [5.74, 6) is 0.895. The molecule has 0 aromatic heterocycles. The molecule has 122 valence electrons. The van der Waals surface area contributed by atoms with Gasteiger partial charge >= 0.3 is 0 Å². The maximum Gasteiger partial charge on any atom is 0.234 e. The molecule has 0 unspecified atom stereocenters. The zero-order chi connectivity index (χ0) is 16.9. The summed E-state index contributed by atoms with van der Waals surface area (Å²) in [5, 5.41) is 6.37. The van der Waals surface area contributed by atoms with Gasteiger partial charge in [-0.2, -0.15) is 0 Å². The van der Waals surface area contributed by atoms with E-state index in [4.69, 9.17) is 23.2 Å². The number of anilines is 1. The van der Waals surface area contributed by atoms with Crippen molar-refractivity contribution in [3.63, 3.8) is 0 Å². The zero-order valence-electron chi connectivity index (χ0n) is 12.8. The molecule has 0 heterocycles. The van der Waals surface area contributed by atoms with E-state index < -0.39 is 0 Å². The van der Waals surface area contributed by atoms with Crippen molar-refractivity contribution >= 4 is 57.3 Å². The second-order valence-electron chi connectivity index (χ2n) is 5.27. The molecule has 3 aromatic rings. The van der Waals surface area contributed by atoms with Crippen LogP contribution < -0.4 is 5.32 Å². The number of hydrogen-bond acceptors (Lipinski definition) is 2. The van der Waals surface area contributed by atoms with Crippen LogP contribution in [0.1, 0.15) is 5.56 Å². The number of carbonyl (C=O) groups is 1. The number of thioether (sulfide) groups is 1. The largest absolute Gasteiger partial charge is 0.325 e. The van der Waals surface area contributed by atoms with Gasteiger partial charge in [-0.25, -0.2) is 0 Å². The Balaban J connectivity index is 1.62. The minimum absolute atomic E-state index is 0.0421. The standard InChI is InChI=1S/C19H15Cl2NOS/c20-16-8-4-9-17(21)15(16)11-24-12-19(23)22-18-10-3-6-13-5-1-2-7-14(13)18/h1-10H,11-12H2,(H,22,23). The SMILES string of the molecule is O=C(CSCc1c(Cl)cccc1Cl)Nc1cccc2ccccc12. The second kappa shape index (κ2) is 7.93. The summed E-state index contributed by atoms with van der Waals surface area (Å²) in [6.07, 6.45) is 0. The third kappa shape index (κ3) is 4.04. The number of amides is 1. The van der Waals surface area contributed by atoms with Crippen LogP contribution in [0.3, 0.4) is 0 Å². The van der Waals surface area contributed by atoms with Crippen LogP contribution >= 0.6 is 35.0 Å². The second-order valence-corrected chi connectivity index (χ2v) is 7.07. The summed E-state index contributed by atoms with van der Waals surface area (Å²) in [5.41, 5.74) is 1.69. The van der Waals surface area contributed by atoms with Gasteiger partial charge in [-0.05, 0) is 29.1 Å². The molecule has 0 aliphatic rings. The van der Waals surface area contributed by atoms with E-state index in [2.05, 4.69) is 5.32 Å². The fourth-order valence-electron chi connectivity index (χ4n) is 2.44. The van der Waals surface area contributed by atoms with Crippen LogP contribution in [0.4, 0.5) is 5.69 Å². The minimum atomic E-state index is -0.0421. The third-order valence-electron chi connectivity index (χ3n) is 3.60. The lowest BCUT2D eigenvalue weighted by molar-refractivity contribution is -0.113. The van der Waals surface area contributed by atoms with Crippen molar-refractivity contribution in [3.05, 3.63) is 76.3 Å². The molecule has 0 saturated carbocycles. The number of fused-ring (bicyclic) bond motifs is 1. The van der Waals surface area contributed by atoms with Gasteiger partial charge in [0, 0.05) is 26.9 Å². The topological polar surface area (TPSA) is 29.1 Å². The van der Waals surface area contributed by atoms with Crippen LogP contribution in [-0.2, 0) is 10.5 Å². The van der Waals surface area contributed by atoms with Crippen LogP contribution in [-0.4, -0.2) is 11.7 Å². The highest BCUT2D eigenvalue weighted by molar-refractivity contribution is 7.99. The summed E-state index contributed by atoms with van der Waals surface area (Å²) >= 11 is 13.8. The minimum Gasteiger partial charge on any atom is -0.325 e. The first-order chi connectivity index (χ1) is 11.6. The van der Waals surface area contributed by atoms with Crippen LogP contribution in [0.5, 0.6) is 0 Å². The summed E-state index contributed by atoms with van der Waals surface area (Å²) in [4.78, 5) is 12.2. The van der Waals surface area contributed by atoms with Gasteiger partial charge in [-0.15, -0.1) is 11.8 Å². The predicted octanol–water partition coefficient (Wildman–Crippen LogP) is 6.02. The first-order valence-electron chi connectivity index (χ1n) is 7.43. The molecule has 2 nitrogen and oxygen atoms in total. The Labute approximate surface area is 155 Å². The number of hydrogen-bond donors (Lipinski definition) is 1. The number of halogens is 2. The summed E-state index contributed by atoms with van der Waals surface area (Å²) in [7, 11) is 0. The van der Waals surface area contributed by atoms with Crippen LogP contribution in [0.2, 0.25) is 10.0 Å². The van der Waals surface area contributed by atoms with Crippen molar-refractivity contribution in [2.75, 3.05) is 11.1 Å². The Morgan fingerprint density at radius 2 is 1.58 bits per heavy atom. The lowest BCUT2D eigenvalue weighted by atomic mass is 10.1. The molecular formula is C19H15Cl2NOS. The molecule has 3 rings (SSSR count). The van der Waals surface area contributed by atoms with Crippen molar-refractivity contribution in [2.45, 2.75) is 5.75 Å². The van der Waals surface area contributed by atoms with Crippen molar-refractivity contribution in [3.8, 4) is 0 Å². The molecule has 0 aliphatic heterocycles. The van der Waals surface area contributed by atoms with E-state index in [0.717, 1.165) is 22.0 Å². The quantitative estimate of drug-likeness (QED) is 0.590. The Bertz CT molecular complexity index is 857. The summed E-state index contributed by atoms with van der Waals surface area (Å²) < 4.78 is 0. The molecule has 3 aromatic carbocycles. The van der Waals surface area contributed by atoms with E-state index in [1.54, 1.807) is 12.1 Å². The van der Waals surface area contributed by atoms with E-state index in [-0.39, 0.29) is 5.91 Å². The molecule has 1 amide bonds. The van der Waals surface area contributed by atoms with Crippen molar-refractivity contribution < 1.29 is 4.79 Å². The normalized spacial score (nSPS) is 10.8. The van der Waals surface area contributed by atoms with E-state index in [1.165, 1.54) is 11.8 Å². The number of benzene rings is 3. The molecule has 0 atom stereocenters. The van der Waals surface area contributed by atoms with Gasteiger partial charge in [-0.1, -0.05) is 65.7 Å². The fraction of sp³-hybridized carbons (Fsp3) is 0.105.